The third-order valence-corrected chi connectivity index (χ3v) is 5.61. The third-order valence-electron chi connectivity index (χ3n) is 4.60. The van der Waals surface area contributed by atoms with Gasteiger partial charge >= 0.3 is 5.63 Å². The molecule has 6 heteroatoms. The van der Waals surface area contributed by atoms with Gasteiger partial charge in [0.2, 0.25) is 0 Å². The summed E-state index contributed by atoms with van der Waals surface area (Å²) in [7, 11) is 1.65. The van der Waals surface area contributed by atoms with E-state index in [1.54, 1.807) is 31.1 Å². The van der Waals surface area contributed by atoms with Gasteiger partial charge in [0.25, 0.3) is 0 Å². The number of aromatic nitrogens is 2. The SMILES string of the molecule is CCc1ccc2c(CSc3nccn3-c3cccc(OC)c3)cc(=O)oc2c1. The number of hydrogen-bond acceptors (Lipinski definition) is 5. The topological polar surface area (TPSA) is 57.3 Å². The Morgan fingerprint density at radius 1 is 1.18 bits per heavy atom. The highest BCUT2D eigenvalue weighted by atomic mass is 32.2. The number of fused-ring (bicyclic) bond motifs is 1. The summed E-state index contributed by atoms with van der Waals surface area (Å²) in [4.78, 5) is 16.5. The maximum atomic E-state index is 12.0. The fraction of sp³-hybridized carbons (Fsp3) is 0.182. The molecule has 0 atom stereocenters. The summed E-state index contributed by atoms with van der Waals surface area (Å²) in [6.45, 7) is 2.08. The van der Waals surface area contributed by atoms with Gasteiger partial charge in [-0.25, -0.2) is 9.78 Å². The first kappa shape index (κ1) is 18.4. The van der Waals surface area contributed by atoms with E-state index in [9.17, 15) is 4.79 Å². The van der Waals surface area contributed by atoms with Crippen LogP contribution in [0.1, 0.15) is 18.1 Å². The Balaban J connectivity index is 1.64. The normalized spacial score (nSPS) is 11.1. The minimum absolute atomic E-state index is 0.326. The van der Waals surface area contributed by atoms with Crippen molar-refractivity contribution in [2.24, 2.45) is 0 Å². The zero-order chi connectivity index (χ0) is 19.5. The molecule has 4 rings (SSSR count). The summed E-state index contributed by atoms with van der Waals surface area (Å²) in [6.07, 6.45) is 4.59. The first-order chi connectivity index (χ1) is 13.7. The maximum absolute atomic E-state index is 12.0. The van der Waals surface area contributed by atoms with Crippen molar-refractivity contribution in [2.75, 3.05) is 7.11 Å². The highest BCUT2D eigenvalue weighted by Gasteiger charge is 2.11. The highest BCUT2D eigenvalue weighted by Crippen LogP contribution is 2.28. The smallest absolute Gasteiger partial charge is 0.336 e. The predicted octanol–water partition coefficient (Wildman–Crippen LogP) is 4.84. The number of methoxy groups -OCH3 is 1. The number of thioether (sulfide) groups is 1. The van der Waals surface area contributed by atoms with Crippen LogP contribution >= 0.6 is 11.8 Å². The van der Waals surface area contributed by atoms with Crippen molar-refractivity contribution in [1.82, 2.24) is 9.55 Å². The van der Waals surface area contributed by atoms with Gasteiger partial charge in [0.05, 0.1) is 12.8 Å². The molecule has 0 unspecified atom stereocenters. The first-order valence-corrected chi connectivity index (χ1v) is 10.0. The molecule has 4 aromatic rings. The van der Waals surface area contributed by atoms with Crippen molar-refractivity contribution >= 4 is 22.7 Å². The van der Waals surface area contributed by atoms with Gasteiger partial charge in [0.1, 0.15) is 11.3 Å². The van der Waals surface area contributed by atoms with Gasteiger partial charge in [0, 0.05) is 35.7 Å². The number of imidazole rings is 1. The van der Waals surface area contributed by atoms with E-state index in [0.29, 0.717) is 11.3 Å². The Bertz CT molecular complexity index is 1180. The predicted molar refractivity (Wildman–Crippen MR) is 112 cm³/mol. The number of nitrogens with zero attached hydrogens (tertiary/aromatic N) is 2. The van der Waals surface area contributed by atoms with E-state index in [0.717, 1.165) is 39.5 Å². The summed E-state index contributed by atoms with van der Waals surface area (Å²) < 4.78 is 12.7. The van der Waals surface area contributed by atoms with E-state index < -0.39 is 0 Å². The fourth-order valence-corrected chi connectivity index (χ4v) is 4.07. The minimum Gasteiger partial charge on any atom is -0.497 e. The van der Waals surface area contributed by atoms with Crippen molar-refractivity contribution in [1.29, 1.82) is 0 Å². The molecule has 0 spiro atoms. The molecule has 142 valence electrons. The molecule has 0 aliphatic rings. The third kappa shape index (κ3) is 3.68. The molecule has 2 heterocycles. The molecule has 5 nitrogen and oxygen atoms in total. The van der Waals surface area contributed by atoms with E-state index in [1.165, 1.54) is 0 Å². The molecule has 0 amide bonds. The van der Waals surface area contributed by atoms with Crippen molar-refractivity contribution in [3.05, 3.63) is 82.5 Å². The molecule has 2 aromatic carbocycles. The minimum atomic E-state index is -0.326. The van der Waals surface area contributed by atoms with Crippen LogP contribution in [0, 0.1) is 0 Å². The summed E-state index contributed by atoms with van der Waals surface area (Å²) in [5.41, 5.74) is 3.38. The number of hydrogen-bond donors (Lipinski definition) is 0. The molecule has 0 radical (unpaired) electrons. The van der Waals surface area contributed by atoms with Gasteiger partial charge in [-0.05, 0) is 35.7 Å². The summed E-state index contributed by atoms with van der Waals surface area (Å²) in [5.74, 6) is 1.41. The van der Waals surface area contributed by atoms with E-state index in [4.69, 9.17) is 9.15 Å². The quantitative estimate of drug-likeness (QED) is 0.347. The van der Waals surface area contributed by atoms with Crippen LogP contribution in [0.3, 0.4) is 0 Å². The average molecular weight is 392 g/mol. The molecule has 28 heavy (non-hydrogen) atoms. The highest BCUT2D eigenvalue weighted by molar-refractivity contribution is 7.98. The standard InChI is InChI=1S/C22H20N2O3S/c1-3-15-7-8-19-16(12-21(25)27-20(19)11-15)14-28-22-23-9-10-24(22)17-5-4-6-18(13-17)26-2/h4-13H,3,14H2,1-2H3. The molecule has 0 aliphatic heterocycles. The van der Waals surface area contributed by atoms with Crippen molar-refractivity contribution in [3.63, 3.8) is 0 Å². The lowest BCUT2D eigenvalue weighted by molar-refractivity contribution is 0.414. The first-order valence-electron chi connectivity index (χ1n) is 9.04. The Hall–Kier alpha value is -2.99. The molecule has 0 fully saturated rings. The second-order valence-electron chi connectivity index (χ2n) is 6.34. The molecule has 0 aliphatic carbocycles. The lowest BCUT2D eigenvalue weighted by Gasteiger charge is -2.10. The van der Waals surface area contributed by atoms with Crippen molar-refractivity contribution in [3.8, 4) is 11.4 Å². The fourth-order valence-electron chi connectivity index (χ4n) is 3.11. The molecule has 2 aromatic heterocycles. The maximum Gasteiger partial charge on any atom is 0.336 e. The lowest BCUT2D eigenvalue weighted by Crippen LogP contribution is -2.01. The number of benzene rings is 2. The van der Waals surface area contributed by atoms with Gasteiger partial charge in [-0.15, -0.1) is 0 Å². The zero-order valence-corrected chi connectivity index (χ0v) is 16.5. The van der Waals surface area contributed by atoms with Crippen molar-refractivity contribution < 1.29 is 9.15 Å². The molecular weight excluding hydrogens is 372 g/mol. The summed E-state index contributed by atoms with van der Waals surface area (Å²) >= 11 is 1.58. The lowest BCUT2D eigenvalue weighted by atomic mass is 10.1. The number of rotatable bonds is 6. The monoisotopic (exact) mass is 392 g/mol. The molecule has 0 saturated heterocycles. The Labute approximate surface area is 167 Å². The molecular formula is C22H20N2O3S. The van der Waals surface area contributed by atoms with Gasteiger partial charge in [-0.1, -0.05) is 36.9 Å². The van der Waals surface area contributed by atoms with Crippen molar-refractivity contribution in [2.45, 2.75) is 24.3 Å². The number of ether oxygens (including phenoxy) is 1. The Morgan fingerprint density at radius 3 is 2.89 bits per heavy atom. The van der Waals surface area contributed by atoms with Crippen LogP contribution in [0.5, 0.6) is 5.75 Å². The Kier molecular flexibility index (Phi) is 5.21. The second-order valence-corrected chi connectivity index (χ2v) is 7.29. The van der Waals surface area contributed by atoms with Crippen LogP contribution in [0.4, 0.5) is 0 Å². The average Bonchev–Trinajstić information content (AvgIpc) is 3.20. The zero-order valence-electron chi connectivity index (χ0n) is 15.7. The van der Waals surface area contributed by atoms with Crippen LogP contribution in [-0.2, 0) is 12.2 Å². The molecule has 0 N–H and O–H groups in total. The van der Waals surface area contributed by atoms with Crippen LogP contribution in [0.25, 0.3) is 16.7 Å². The molecule has 0 bridgehead atoms. The van der Waals surface area contributed by atoms with E-state index in [2.05, 4.69) is 18.0 Å². The van der Waals surface area contributed by atoms with E-state index in [1.807, 2.05) is 47.2 Å². The van der Waals surface area contributed by atoms with Crippen LogP contribution in [-0.4, -0.2) is 16.7 Å². The van der Waals surface area contributed by atoms with Crippen LogP contribution < -0.4 is 10.4 Å². The summed E-state index contributed by atoms with van der Waals surface area (Å²) in [5, 5.41) is 1.81. The summed E-state index contributed by atoms with van der Waals surface area (Å²) in [6, 6.07) is 15.5. The van der Waals surface area contributed by atoms with E-state index >= 15 is 0 Å². The second kappa shape index (κ2) is 7.94. The van der Waals surface area contributed by atoms with Crippen LogP contribution in [0.15, 0.2) is 75.3 Å². The van der Waals surface area contributed by atoms with Gasteiger partial charge < -0.3 is 9.15 Å². The molecule has 0 saturated carbocycles. The van der Waals surface area contributed by atoms with Gasteiger partial charge in [-0.3, -0.25) is 4.57 Å². The van der Waals surface area contributed by atoms with Gasteiger partial charge in [-0.2, -0.15) is 0 Å². The van der Waals surface area contributed by atoms with Gasteiger partial charge in [0.15, 0.2) is 5.16 Å². The Morgan fingerprint density at radius 2 is 2.07 bits per heavy atom. The largest absolute Gasteiger partial charge is 0.497 e. The van der Waals surface area contributed by atoms with Crippen LogP contribution in [0.2, 0.25) is 0 Å². The number of aryl methyl sites for hydroxylation is 1. The van der Waals surface area contributed by atoms with E-state index in [-0.39, 0.29) is 5.63 Å².